The maximum absolute atomic E-state index is 11.9. The predicted octanol–water partition coefficient (Wildman–Crippen LogP) is 4.90. The van der Waals surface area contributed by atoms with Crippen LogP contribution >= 0.6 is 54.8 Å². The minimum Gasteiger partial charge on any atom is -0.351 e. The summed E-state index contributed by atoms with van der Waals surface area (Å²) < 4.78 is 1.82. The van der Waals surface area contributed by atoms with Crippen LogP contribution in [0.15, 0.2) is 38.6 Å². The highest BCUT2D eigenvalue weighted by Crippen LogP contribution is 2.32. The van der Waals surface area contributed by atoms with Crippen molar-refractivity contribution in [3.8, 4) is 0 Å². The Bertz CT molecular complexity index is 581. The number of halogens is 3. The molecule has 0 aliphatic carbocycles. The van der Waals surface area contributed by atoms with Gasteiger partial charge in [0.05, 0.1) is 8.66 Å². The van der Waals surface area contributed by atoms with E-state index in [1.807, 2.05) is 30.3 Å². The van der Waals surface area contributed by atoms with Crippen LogP contribution in [0.1, 0.15) is 15.2 Å². The van der Waals surface area contributed by atoms with Crippen molar-refractivity contribution in [2.24, 2.45) is 0 Å². The van der Waals surface area contributed by atoms with Crippen LogP contribution in [0.4, 0.5) is 0 Å². The molecule has 0 aliphatic rings. The molecule has 1 heterocycles. The van der Waals surface area contributed by atoms with E-state index in [-0.39, 0.29) is 5.91 Å². The minimum atomic E-state index is -0.0570. The van der Waals surface area contributed by atoms with Crippen molar-refractivity contribution < 1.29 is 4.79 Å². The Morgan fingerprint density at radius 1 is 1.32 bits per heavy atom. The van der Waals surface area contributed by atoms with E-state index in [4.69, 9.17) is 11.6 Å². The summed E-state index contributed by atoms with van der Waals surface area (Å²) >= 11 is 14.1. The lowest BCUT2D eigenvalue weighted by atomic mass is 10.1. The van der Waals surface area contributed by atoms with Gasteiger partial charge in [0.25, 0.3) is 5.91 Å². The quantitative estimate of drug-likeness (QED) is 0.745. The van der Waals surface area contributed by atoms with E-state index in [0.29, 0.717) is 11.4 Å². The Kier molecular flexibility index (Phi) is 5.45. The fraction of sp³-hybridized carbons (Fsp3) is 0.154. The van der Waals surface area contributed by atoms with Gasteiger partial charge in [-0.1, -0.05) is 23.7 Å². The van der Waals surface area contributed by atoms with E-state index >= 15 is 0 Å². The van der Waals surface area contributed by atoms with Crippen molar-refractivity contribution in [1.82, 2.24) is 5.32 Å². The first kappa shape index (κ1) is 15.0. The van der Waals surface area contributed by atoms with Gasteiger partial charge in [-0.25, -0.2) is 0 Å². The molecule has 0 saturated carbocycles. The summed E-state index contributed by atoms with van der Waals surface area (Å²) in [5.41, 5.74) is 1.11. The summed E-state index contributed by atoms with van der Waals surface area (Å²) in [6.45, 7) is 0.590. The van der Waals surface area contributed by atoms with Gasteiger partial charge in [0.15, 0.2) is 0 Å². The lowest BCUT2D eigenvalue weighted by Gasteiger charge is -2.04. The molecular formula is C13H10Br2ClNOS. The average molecular weight is 424 g/mol. The summed E-state index contributed by atoms with van der Waals surface area (Å²) in [6.07, 6.45) is 0.764. The molecule has 0 atom stereocenters. The van der Waals surface area contributed by atoms with Crippen LogP contribution in [0, 0.1) is 0 Å². The van der Waals surface area contributed by atoms with Crippen molar-refractivity contribution in [1.29, 1.82) is 0 Å². The standard InChI is InChI=1S/C13H10Br2ClNOS/c14-10-7-11(19-12(10)15)13(18)17-5-4-8-2-1-3-9(16)6-8/h1-3,6-7H,4-5H2,(H,17,18). The second-order valence-electron chi connectivity index (χ2n) is 3.87. The number of carbonyl (C=O) groups excluding carboxylic acids is 1. The van der Waals surface area contributed by atoms with Crippen LogP contribution in [0.3, 0.4) is 0 Å². The Morgan fingerprint density at radius 2 is 2.11 bits per heavy atom. The summed E-state index contributed by atoms with van der Waals surface area (Å²) in [5, 5.41) is 3.61. The van der Waals surface area contributed by atoms with Gasteiger partial charge >= 0.3 is 0 Å². The number of benzene rings is 1. The zero-order valence-corrected chi connectivity index (χ0v) is 14.5. The molecule has 0 radical (unpaired) electrons. The molecule has 0 bridgehead atoms. The molecule has 1 aromatic carbocycles. The summed E-state index contributed by atoms with van der Waals surface area (Å²) in [6, 6.07) is 9.46. The summed E-state index contributed by atoms with van der Waals surface area (Å²) in [4.78, 5) is 12.6. The second-order valence-corrected chi connectivity index (χ2v) is 7.53. The molecular weight excluding hydrogens is 413 g/mol. The molecule has 1 aromatic heterocycles. The average Bonchev–Trinajstić information content (AvgIpc) is 2.70. The number of nitrogens with one attached hydrogen (secondary N) is 1. The minimum absolute atomic E-state index is 0.0570. The molecule has 1 amide bonds. The Labute approximate surface area is 137 Å². The normalized spacial score (nSPS) is 10.5. The molecule has 1 N–H and O–H groups in total. The van der Waals surface area contributed by atoms with Crippen molar-refractivity contribution >= 4 is 60.7 Å². The smallest absolute Gasteiger partial charge is 0.261 e. The fourth-order valence-electron chi connectivity index (χ4n) is 1.56. The lowest BCUT2D eigenvalue weighted by Crippen LogP contribution is -2.24. The van der Waals surface area contributed by atoms with Gasteiger partial charge < -0.3 is 5.32 Å². The highest BCUT2D eigenvalue weighted by atomic mass is 79.9. The zero-order valence-electron chi connectivity index (χ0n) is 9.75. The summed E-state index contributed by atoms with van der Waals surface area (Å²) in [5.74, 6) is -0.0570. The fourth-order valence-corrected chi connectivity index (χ4v) is 3.72. The maximum atomic E-state index is 11.9. The molecule has 0 saturated heterocycles. The Hall–Kier alpha value is -0.360. The zero-order chi connectivity index (χ0) is 13.8. The molecule has 19 heavy (non-hydrogen) atoms. The lowest BCUT2D eigenvalue weighted by molar-refractivity contribution is 0.0958. The van der Waals surface area contributed by atoms with Gasteiger partial charge in [0.2, 0.25) is 0 Å². The van der Waals surface area contributed by atoms with Gasteiger partial charge in [0.1, 0.15) is 0 Å². The molecule has 100 valence electrons. The van der Waals surface area contributed by atoms with Gasteiger partial charge in [-0.3, -0.25) is 4.79 Å². The number of thiophene rings is 1. The van der Waals surface area contributed by atoms with Crippen LogP contribution in [-0.2, 0) is 6.42 Å². The molecule has 0 fully saturated rings. The molecule has 2 rings (SSSR count). The number of amides is 1. The van der Waals surface area contributed by atoms with Crippen LogP contribution in [0.25, 0.3) is 0 Å². The number of rotatable bonds is 4. The molecule has 6 heteroatoms. The summed E-state index contributed by atoms with van der Waals surface area (Å²) in [7, 11) is 0. The van der Waals surface area contributed by atoms with E-state index in [1.165, 1.54) is 11.3 Å². The maximum Gasteiger partial charge on any atom is 0.261 e. The van der Waals surface area contributed by atoms with Crippen LogP contribution < -0.4 is 5.32 Å². The van der Waals surface area contributed by atoms with E-state index in [9.17, 15) is 4.79 Å². The molecule has 0 spiro atoms. The number of hydrogen-bond donors (Lipinski definition) is 1. The van der Waals surface area contributed by atoms with Crippen LogP contribution in [0.2, 0.25) is 5.02 Å². The monoisotopic (exact) mass is 421 g/mol. The van der Waals surface area contributed by atoms with E-state index in [2.05, 4.69) is 37.2 Å². The van der Waals surface area contributed by atoms with E-state index in [0.717, 1.165) is 25.3 Å². The third-order valence-corrected chi connectivity index (χ3v) is 5.95. The topological polar surface area (TPSA) is 29.1 Å². The SMILES string of the molecule is O=C(NCCc1cccc(Cl)c1)c1cc(Br)c(Br)s1. The third kappa shape index (κ3) is 4.31. The van der Waals surface area contributed by atoms with E-state index < -0.39 is 0 Å². The van der Waals surface area contributed by atoms with Gasteiger partial charge in [-0.15, -0.1) is 11.3 Å². The van der Waals surface area contributed by atoms with Crippen LogP contribution in [0.5, 0.6) is 0 Å². The largest absolute Gasteiger partial charge is 0.351 e. The third-order valence-electron chi connectivity index (χ3n) is 2.46. The van der Waals surface area contributed by atoms with Crippen molar-refractivity contribution in [3.63, 3.8) is 0 Å². The first-order chi connectivity index (χ1) is 9.06. The predicted molar refractivity (Wildman–Crippen MR) is 87.2 cm³/mol. The Morgan fingerprint density at radius 3 is 2.74 bits per heavy atom. The molecule has 0 aliphatic heterocycles. The number of hydrogen-bond acceptors (Lipinski definition) is 2. The Balaban J connectivity index is 1.87. The first-order valence-corrected chi connectivity index (χ1v) is 8.32. The molecule has 2 aromatic rings. The highest BCUT2D eigenvalue weighted by molar-refractivity contribution is 9.13. The molecule has 2 nitrogen and oxygen atoms in total. The van der Waals surface area contributed by atoms with Gasteiger partial charge in [-0.05, 0) is 62.0 Å². The van der Waals surface area contributed by atoms with Crippen molar-refractivity contribution in [2.45, 2.75) is 6.42 Å². The van der Waals surface area contributed by atoms with Gasteiger partial charge in [-0.2, -0.15) is 0 Å². The number of carbonyl (C=O) groups is 1. The van der Waals surface area contributed by atoms with Crippen molar-refractivity contribution in [3.05, 3.63) is 54.1 Å². The highest BCUT2D eigenvalue weighted by Gasteiger charge is 2.11. The molecule has 0 unspecified atom stereocenters. The van der Waals surface area contributed by atoms with Crippen LogP contribution in [-0.4, -0.2) is 12.5 Å². The van der Waals surface area contributed by atoms with Gasteiger partial charge in [0, 0.05) is 16.0 Å². The van der Waals surface area contributed by atoms with Crippen molar-refractivity contribution in [2.75, 3.05) is 6.54 Å². The van der Waals surface area contributed by atoms with E-state index in [1.54, 1.807) is 0 Å². The first-order valence-electron chi connectivity index (χ1n) is 5.54. The second kappa shape index (κ2) is 6.88.